The maximum absolute atomic E-state index is 11.0. The van der Waals surface area contributed by atoms with Gasteiger partial charge in [-0.2, -0.15) is 0 Å². The summed E-state index contributed by atoms with van der Waals surface area (Å²) in [7, 11) is 0. The molecule has 6 heteroatoms. The number of halogens is 1. The second-order valence-electron chi connectivity index (χ2n) is 3.77. The zero-order valence-electron chi connectivity index (χ0n) is 9.44. The van der Waals surface area contributed by atoms with Crippen molar-refractivity contribution in [3.8, 4) is 0 Å². The first-order valence-electron chi connectivity index (χ1n) is 5.02. The quantitative estimate of drug-likeness (QED) is 0.566. The molecule has 1 aliphatic rings. The number of carbonyl (C=O) groups excluding carboxylic acids is 2. The molecule has 0 aliphatic carbocycles. The standard InChI is InChI=1S/C10H15BrO5/c1-5-9(16-7(3)13)8(15-6(2)12)4-14-10(5)11/h5,8-10H,4H2,1-3H3/t5-,8+,9-,10?/m1/s1. The van der Waals surface area contributed by atoms with Crippen molar-refractivity contribution in [1.29, 1.82) is 0 Å². The van der Waals surface area contributed by atoms with Crippen LogP contribution in [0.2, 0.25) is 0 Å². The smallest absolute Gasteiger partial charge is 0.303 e. The molecule has 0 N–H and O–H groups in total. The summed E-state index contributed by atoms with van der Waals surface area (Å²) in [6.45, 7) is 4.73. The summed E-state index contributed by atoms with van der Waals surface area (Å²) in [6, 6.07) is 0. The molecule has 16 heavy (non-hydrogen) atoms. The maximum Gasteiger partial charge on any atom is 0.303 e. The Morgan fingerprint density at radius 3 is 2.31 bits per heavy atom. The predicted octanol–water partition coefficient (Wildman–Crippen LogP) is 1.24. The lowest BCUT2D eigenvalue weighted by Crippen LogP contribution is -2.49. The SMILES string of the molecule is CC(=O)O[C@H]1[C@@H](OC(C)=O)COC(Br)[C@@H]1C. The summed E-state index contributed by atoms with van der Waals surface area (Å²) in [5, 5.41) is -0.205. The van der Waals surface area contributed by atoms with Gasteiger partial charge in [-0.05, 0) is 0 Å². The number of hydrogen-bond donors (Lipinski definition) is 0. The number of esters is 2. The molecule has 0 aromatic rings. The van der Waals surface area contributed by atoms with Gasteiger partial charge in [0.25, 0.3) is 0 Å². The first kappa shape index (κ1) is 13.4. The van der Waals surface area contributed by atoms with Crippen LogP contribution >= 0.6 is 15.9 Å². The van der Waals surface area contributed by atoms with E-state index in [1.165, 1.54) is 13.8 Å². The third-order valence-corrected chi connectivity index (χ3v) is 3.44. The third-order valence-electron chi connectivity index (χ3n) is 2.34. The first-order valence-corrected chi connectivity index (χ1v) is 5.93. The number of ether oxygens (including phenoxy) is 3. The molecule has 0 saturated carbocycles. The second kappa shape index (κ2) is 5.63. The van der Waals surface area contributed by atoms with Gasteiger partial charge in [-0.3, -0.25) is 9.59 Å². The molecule has 0 amide bonds. The van der Waals surface area contributed by atoms with Gasteiger partial charge in [-0.15, -0.1) is 0 Å². The molecule has 1 fully saturated rings. The minimum absolute atomic E-state index is 0.0815. The molecule has 1 unspecified atom stereocenters. The fraction of sp³-hybridized carbons (Fsp3) is 0.800. The third kappa shape index (κ3) is 3.45. The molecular weight excluding hydrogens is 280 g/mol. The Bertz CT molecular complexity index is 280. The van der Waals surface area contributed by atoms with E-state index < -0.39 is 24.1 Å². The van der Waals surface area contributed by atoms with Gasteiger partial charge in [0.05, 0.1) is 6.61 Å². The van der Waals surface area contributed by atoms with Crippen LogP contribution in [-0.2, 0) is 23.8 Å². The summed E-state index contributed by atoms with van der Waals surface area (Å²) in [6.07, 6.45) is -1.01. The predicted molar refractivity (Wildman–Crippen MR) is 58.9 cm³/mol. The van der Waals surface area contributed by atoms with Gasteiger partial charge in [0.15, 0.2) is 6.10 Å². The Morgan fingerprint density at radius 1 is 1.25 bits per heavy atom. The molecule has 0 spiro atoms. The van der Waals surface area contributed by atoms with E-state index >= 15 is 0 Å². The summed E-state index contributed by atoms with van der Waals surface area (Å²) in [4.78, 5) is 21.9. The highest BCUT2D eigenvalue weighted by Gasteiger charge is 2.40. The van der Waals surface area contributed by atoms with E-state index in [-0.39, 0.29) is 17.5 Å². The average Bonchev–Trinajstić information content (AvgIpc) is 2.16. The van der Waals surface area contributed by atoms with Crippen LogP contribution < -0.4 is 0 Å². The van der Waals surface area contributed by atoms with Crippen LogP contribution in [0, 0.1) is 5.92 Å². The van der Waals surface area contributed by atoms with E-state index in [4.69, 9.17) is 14.2 Å². The van der Waals surface area contributed by atoms with Crippen LogP contribution in [0.1, 0.15) is 20.8 Å². The number of alkyl halides is 1. The number of hydrogen-bond acceptors (Lipinski definition) is 5. The van der Waals surface area contributed by atoms with E-state index in [1.807, 2.05) is 6.92 Å². The topological polar surface area (TPSA) is 61.8 Å². The van der Waals surface area contributed by atoms with Crippen LogP contribution in [0.3, 0.4) is 0 Å². The van der Waals surface area contributed by atoms with Crippen molar-refractivity contribution in [3.05, 3.63) is 0 Å². The zero-order valence-corrected chi connectivity index (χ0v) is 11.0. The van der Waals surface area contributed by atoms with Gasteiger partial charge >= 0.3 is 11.9 Å². The molecule has 0 aromatic carbocycles. The lowest BCUT2D eigenvalue weighted by Gasteiger charge is -2.37. The normalized spacial score (nSPS) is 34.2. The number of carbonyl (C=O) groups is 2. The van der Waals surface area contributed by atoms with Gasteiger partial charge in [0, 0.05) is 19.8 Å². The van der Waals surface area contributed by atoms with E-state index in [9.17, 15) is 9.59 Å². The molecular formula is C10H15BrO5. The summed E-state index contributed by atoms with van der Waals surface area (Å²) >= 11 is 3.32. The molecule has 1 heterocycles. The number of rotatable bonds is 2. The Labute approximate surface area is 103 Å². The van der Waals surface area contributed by atoms with Gasteiger partial charge in [0.1, 0.15) is 11.1 Å². The lowest BCUT2D eigenvalue weighted by molar-refractivity contribution is -0.190. The van der Waals surface area contributed by atoms with Crippen molar-refractivity contribution in [2.45, 2.75) is 38.0 Å². The van der Waals surface area contributed by atoms with Gasteiger partial charge < -0.3 is 14.2 Å². The molecule has 0 aromatic heterocycles. The minimum atomic E-state index is -0.537. The van der Waals surface area contributed by atoms with Crippen LogP contribution in [0.5, 0.6) is 0 Å². The molecule has 1 aliphatic heterocycles. The fourth-order valence-corrected chi connectivity index (χ4v) is 2.06. The van der Waals surface area contributed by atoms with Crippen LogP contribution in [0.15, 0.2) is 0 Å². The van der Waals surface area contributed by atoms with Crippen LogP contribution in [0.4, 0.5) is 0 Å². The average molecular weight is 295 g/mol. The van der Waals surface area contributed by atoms with Crippen molar-refractivity contribution >= 4 is 27.9 Å². The van der Waals surface area contributed by atoms with Crippen molar-refractivity contribution in [2.75, 3.05) is 6.61 Å². The highest BCUT2D eigenvalue weighted by Crippen LogP contribution is 2.29. The van der Waals surface area contributed by atoms with Crippen molar-refractivity contribution in [3.63, 3.8) is 0 Å². The fourth-order valence-electron chi connectivity index (χ4n) is 1.61. The largest absolute Gasteiger partial charge is 0.458 e. The molecule has 1 rings (SSSR count). The molecule has 92 valence electrons. The lowest BCUT2D eigenvalue weighted by atomic mass is 9.98. The highest BCUT2D eigenvalue weighted by atomic mass is 79.9. The maximum atomic E-state index is 11.0. The summed E-state index contributed by atoms with van der Waals surface area (Å²) in [5.41, 5.74) is 0. The van der Waals surface area contributed by atoms with Crippen molar-refractivity contribution < 1.29 is 23.8 Å². The Hall–Kier alpha value is -0.620. The first-order chi connectivity index (χ1) is 7.41. The van der Waals surface area contributed by atoms with E-state index in [0.29, 0.717) is 0 Å². The van der Waals surface area contributed by atoms with Crippen molar-refractivity contribution in [1.82, 2.24) is 0 Å². The van der Waals surface area contributed by atoms with E-state index in [2.05, 4.69) is 15.9 Å². The Morgan fingerprint density at radius 2 is 1.81 bits per heavy atom. The Kier molecular flexibility index (Phi) is 4.73. The zero-order chi connectivity index (χ0) is 12.3. The van der Waals surface area contributed by atoms with Gasteiger partial charge in [0.2, 0.25) is 0 Å². The summed E-state index contributed by atoms with van der Waals surface area (Å²) < 4.78 is 15.6. The molecule has 0 radical (unpaired) electrons. The van der Waals surface area contributed by atoms with Crippen LogP contribution in [-0.4, -0.2) is 35.8 Å². The van der Waals surface area contributed by atoms with E-state index in [0.717, 1.165) is 0 Å². The monoisotopic (exact) mass is 294 g/mol. The minimum Gasteiger partial charge on any atom is -0.458 e. The highest BCUT2D eigenvalue weighted by molar-refractivity contribution is 9.09. The Balaban J connectivity index is 2.72. The van der Waals surface area contributed by atoms with Gasteiger partial charge in [-0.25, -0.2) is 0 Å². The van der Waals surface area contributed by atoms with E-state index in [1.54, 1.807) is 0 Å². The molecule has 5 nitrogen and oxygen atoms in total. The molecule has 1 saturated heterocycles. The van der Waals surface area contributed by atoms with Crippen LogP contribution in [0.25, 0.3) is 0 Å². The van der Waals surface area contributed by atoms with Crippen molar-refractivity contribution in [2.24, 2.45) is 5.92 Å². The van der Waals surface area contributed by atoms with Gasteiger partial charge in [-0.1, -0.05) is 22.9 Å². The summed E-state index contributed by atoms with van der Waals surface area (Å²) in [5.74, 6) is -0.886. The molecule has 0 bridgehead atoms. The molecule has 4 atom stereocenters. The second-order valence-corrected chi connectivity index (χ2v) is 4.67.